The van der Waals surface area contributed by atoms with Gasteiger partial charge in [0.1, 0.15) is 5.82 Å². The van der Waals surface area contributed by atoms with Crippen molar-refractivity contribution in [3.63, 3.8) is 0 Å². The number of hydrogen-bond donors (Lipinski definition) is 0. The molecule has 0 aliphatic heterocycles. The highest BCUT2D eigenvalue weighted by Gasteiger charge is 2.09. The third-order valence-electron chi connectivity index (χ3n) is 3.98. The molecule has 0 atom stereocenters. The van der Waals surface area contributed by atoms with Crippen LogP contribution in [0.3, 0.4) is 0 Å². The maximum Gasteiger partial charge on any atom is 0.107 e. The van der Waals surface area contributed by atoms with E-state index in [2.05, 4.69) is 68.7 Å². The number of benzene rings is 2. The van der Waals surface area contributed by atoms with E-state index in [9.17, 15) is 0 Å². The summed E-state index contributed by atoms with van der Waals surface area (Å²) >= 11 is 0. The van der Waals surface area contributed by atoms with Crippen molar-refractivity contribution in [2.45, 2.75) is 34.2 Å². The summed E-state index contributed by atoms with van der Waals surface area (Å²) in [6, 6.07) is 13.1. The Bertz CT molecular complexity index is 781. The SMILES string of the molecule is Cc1cccc(Cn2c(C)nc3cc(C)c(C)cc32)c1. The van der Waals surface area contributed by atoms with Gasteiger partial charge in [0.25, 0.3) is 0 Å². The zero-order chi connectivity index (χ0) is 14.3. The molecule has 0 spiro atoms. The minimum atomic E-state index is 0.881. The van der Waals surface area contributed by atoms with E-state index in [-0.39, 0.29) is 0 Å². The van der Waals surface area contributed by atoms with E-state index in [4.69, 9.17) is 4.98 Å². The summed E-state index contributed by atoms with van der Waals surface area (Å²) in [6.45, 7) is 9.40. The molecule has 3 rings (SSSR count). The minimum absolute atomic E-state index is 0.881. The molecule has 1 aromatic heterocycles. The predicted molar refractivity (Wildman–Crippen MR) is 84.2 cm³/mol. The molecule has 0 aliphatic rings. The number of aryl methyl sites for hydroxylation is 4. The van der Waals surface area contributed by atoms with Crippen LogP contribution in [0.15, 0.2) is 36.4 Å². The van der Waals surface area contributed by atoms with E-state index in [1.807, 2.05) is 0 Å². The molecule has 20 heavy (non-hydrogen) atoms. The molecule has 0 radical (unpaired) electrons. The Morgan fingerprint density at radius 2 is 1.70 bits per heavy atom. The summed E-state index contributed by atoms with van der Waals surface area (Å²) in [5, 5.41) is 0. The average Bonchev–Trinajstić information content (AvgIpc) is 2.67. The summed E-state index contributed by atoms with van der Waals surface area (Å²) in [4.78, 5) is 4.70. The molecule has 0 bridgehead atoms. The van der Waals surface area contributed by atoms with Gasteiger partial charge in [-0.2, -0.15) is 0 Å². The summed E-state index contributed by atoms with van der Waals surface area (Å²) in [6.07, 6.45) is 0. The van der Waals surface area contributed by atoms with Crippen molar-refractivity contribution in [3.8, 4) is 0 Å². The van der Waals surface area contributed by atoms with Gasteiger partial charge in [-0.25, -0.2) is 4.98 Å². The van der Waals surface area contributed by atoms with Crippen LogP contribution < -0.4 is 0 Å². The lowest BCUT2D eigenvalue weighted by Gasteiger charge is -2.09. The van der Waals surface area contributed by atoms with Gasteiger partial charge in [-0.3, -0.25) is 0 Å². The second-order valence-electron chi connectivity index (χ2n) is 5.66. The fourth-order valence-electron chi connectivity index (χ4n) is 2.69. The molecule has 1 heterocycles. The molecule has 2 aromatic carbocycles. The highest BCUT2D eigenvalue weighted by atomic mass is 15.1. The highest BCUT2D eigenvalue weighted by Crippen LogP contribution is 2.21. The first-order chi connectivity index (χ1) is 9.54. The van der Waals surface area contributed by atoms with Crippen molar-refractivity contribution in [1.82, 2.24) is 9.55 Å². The van der Waals surface area contributed by atoms with Crippen LogP contribution in [0.1, 0.15) is 28.1 Å². The first kappa shape index (κ1) is 12.9. The number of hydrogen-bond acceptors (Lipinski definition) is 1. The van der Waals surface area contributed by atoms with Crippen molar-refractivity contribution >= 4 is 11.0 Å². The van der Waals surface area contributed by atoms with Crippen molar-refractivity contribution < 1.29 is 0 Å². The molecule has 0 aliphatic carbocycles. The minimum Gasteiger partial charge on any atom is -0.324 e. The fraction of sp³-hybridized carbons (Fsp3) is 0.278. The van der Waals surface area contributed by atoms with Crippen LogP contribution in [0.5, 0.6) is 0 Å². The quantitative estimate of drug-likeness (QED) is 0.674. The molecule has 0 unspecified atom stereocenters. The molecule has 0 amide bonds. The number of fused-ring (bicyclic) bond motifs is 1. The largest absolute Gasteiger partial charge is 0.324 e. The van der Waals surface area contributed by atoms with E-state index in [0.29, 0.717) is 0 Å². The van der Waals surface area contributed by atoms with Gasteiger partial charge in [-0.1, -0.05) is 29.8 Å². The van der Waals surface area contributed by atoms with Crippen LogP contribution in [-0.4, -0.2) is 9.55 Å². The average molecular weight is 264 g/mol. The number of imidazole rings is 1. The van der Waals surface area contributed by atoms with E-state index in [0.717, 1.165) is 17.9 Å². The van der Waals surface area contributed by atoms with Crippen molar-refractivity contribution in [2.75, 3.05) is 0 Å². The van der Waals surface area contributed by atoms with E-state index < -0.39 is 0 Å². The third kappa shape index (κ3) is 2.22. The van der Waals surface area contributed by atoms with Gasteiger partial charge < -0.3 is 4.57 Å². The van der Waals surface area contributed by atoms with E-state index >= 15 is 0 Å². The monoisotopic (exact) mass is 264 g/mol. The number of aromatic nitrogens is 2. The fourth-order valence-corrected chi connectivity index (χ4v) is 2.69. The molecule has 0 saturated carbocycles. The Kier molecular flexibility index (Phi) is 3.09. The van der Waals surface area contributed by atoms with Gasteiger partial charge in [0.05, 0.1) is 11.0 Å². The molecule has 0 saturated heterocycles. The first-order valence-corrected chi connectivity index (χ1v) is 7.04. The summed E-state index contributed by atoms with van der Waals surface area (Å²) < 4.78 is 2.30. The molecule has 0 fully saturated rings. The van der Waals surface area contributed by atoms with E-state index in [1.54, 1.807) is 0 Å². The third-order valence-corrected chi connectivity index (χ3v) is 3.98. The molecule has 102 valence electrons. The Morgan fingerprint density at radius 3 is 2.45 bits per heavy atom. The lowest BCUT2D eigenvalue weighted by atomic mass is 10.1. The van der Waals surface area contributed by atoms with Gasteiger partial charge in [0.2, 0.25) is 0 Å². The maximum absolute atomic E-state index is 4.70. The molecule has 2 heteroatoms. The topological polar surface area (TPSA) is 17.8 Å². The summed E-state index contributed by atoms with van der Waals surface area (Å²) in [7, 11) is 0. The Morgan fingerprint density at radius 1 is 0.950 bits per heavy atom. The smallest absolute Gasteiger partial charge is 0.107 e. The molecule has 3 aromatic rings. The van der Waals surface area contributed by atoms with Crippen LogP contribution in [0.4, 0.5) is 0 Å². The van der Waals surface area contributed by atoms with Crippen LogP contribution in [0, 0.1) is 27.7 Å². The molecular weight excluding hydrogens is 244 g/mol. The van der Waals surface area contributed by atoms with Gasteiger partial charge in [0.15, 0.2) is 0 Å². The zero-order valence-electron chi connectivity index (χ0n) is 12.6. The highest BCUT2D eigenvalue weighted by molar-refractivity contribution is 5.78. The van der Waals surface area contributed by atoms with Crippen LogP contribution in [-0.2, 0) is 6.54 Å². The van der Waals surface area contributed by atoms with Crippen LogP contribution in [0.2, 0.25) is 0 Å². The van der Waals surface area contributed by atoms with Crippen LogP contribution in [0.25, 0.3) is 11.0 Å². The molecule has 2 nitrogen and oxygen atoms in total. The first-order valence-electron chi connectivity index (χ1n) is 7.04. The van der Waals surface area contributed by atoms with Crippen LogP contribution >= 0.6 is 0 Å². The molecular formula is C18H20N2. The Balaban J connectivity index is 2.11. The van der Waals surface area contributed by atoms with Crippen molar-refractivity contribution in [1.29, 1.82) is 0 Å². The normalized spacial score (nSPS) is 11.2. The standard InChI is InChI=1S/C18H20N2/c1-12-6-5-7-16(8-12)11-20-15(4)19-17-9-13(2)14(3)10-18(17)20/h5-10H,11H2,1-4H3. The summed E-state index contributed by atoms with van der Waals surface area (Å²) in [5.41, 5.74) is 7.58. The number of nitrogens with zero attached hydrogens (tertiary/aromatic N) is 2. The Hall–Kier alpha value is -2.09. The lowest BCUT2D eigenvalue weighted by molar-refractivity contribution is 0.785. The maximum atomic E-state index is 4.70. The second kappa shape index (κ2) is 4.78. The van der Waals surface area contributed by atoms with Gasteiger partial charge >= 0.3 is 0 Å². The lowest BCUT2D eigenvalue weighted by Crippen LogP contribution is -2.02. The second-order valence-corrected chi connectivity index (χ2v) is 5.66. The van der Waals surface area contributed by atoms with Crippen molar-refractivity contribution in [2.24, 2.45) is 0 Å². The molecule has 0 N–H and O–H groups in total. The summed E-state index contributed by atoms with van der Waals surface area (Å²) in [5.74, 6) is 1.08. The Labute approximate surface area is 120 Å². The van der Waals surface area contributed by atoms with E-state index in [1.165, 1.54) is 27.8 Å². The van der Waals surface area contributed by atoms with Gasteiger partial charge in [-0.15, -0.1) is 0 Å². The van der Waals surface area contributed by atoms with Gasteiger partial charge in [-0.05, 0) is 56.5 Å². The zero-order valence-corrected chi connectivity index (χ0v) is 12.6. The van der Waals surface area contributed by atoms with Crippen molar-refractivity contribution in [3.05, 3.63) is 64.5 Å². The predicted octanol–water partition coefficient (Wildman–Crippen LogP) is 4.32. The number of rotatable bonds is 2. The van der Waals surface area contributed by atoms with Gasteiger partial charge in [0, 0.05) is 6.54 Å².